The van der Waals surface area contributed by atoms with Gasteiger partial charge in [-0.05, 0) is 36.6 Å². The van der Waals surface area contributed by atoms with E-state index in [0.717, 1.165) is 48.3 Å². The fraction of sp³-hybridized carbons (Fsp3) is 0.227. The average Bonchev–Trinajstić information content (AvgIpc) is 3.48. The molecule has 1 aliphatic rings. The number of carbonyl (C=O) groups excluding carboxylic acids is 1. The fourth-order valence-electron chi connectivity index (χ4n) is 4.00. The minimum Gasteiger partial charge on any atom is -0.351 e. The minimum atomic E-state index is 0.0724. The lowest BCUT2D eigenvalue weighted by Gasteiger charge is -2.16. The number of nitrogens with zero attached hydrogens (tertiary/aromatic N) is 4. The highest BCUT2D eigenvalue weighted by Crippen LogP contribution is 2.24. The predicted octanol–water partition coefficient (Wildman–Crippen LogP) is 3.45. The van der Waals surface area contributed by atoms with Crippen LogP contribution in [0.1, 0.15) is 22.7 Å². The molecule has 2 aromatic heterocycles. The van der Waals surface area contributed by atoms with Crippen molar-refractivity contribution in [3.8, 4) is 5.69 Å². The first-order valence-electron chi connectivity index (χ1n) is 9.59. The Morgan fingerprint density at radius 3 is 2.79 bits per heavy atom. The zero-order valence-corrected chi connectivity index (χ0v) is 15.5. The molecule has 3 heterocycles. The van der Waals surface area contributed by atoms with Crippen molar-refractivity contribution >= 4 is 16.8 Å². The van der Waals surface area contributed by atoms with Gasteiger partial charge in [-0.3, -0.25) is 9.36 Å². The Hall–Kier alpha value is -3.41. The summed E-state index contributed by atoms with van der Waals surface area (Å²) in [4.78, 5) is 18.1. The SMILES string of the molecule is O=C(c1cc2ccccc2[nH]1)N1CCC(Cc2nncn2-c2ccccc2)C1. The molecule has 1 N–H and O–H groups in total. The van der Waals surface area contributed by atoms with E-state index in [1.54, 1.807) is 6.33 Å². The lowest BCUT2D eigenvalue weighted by atomic mass is 10.0. The summed E-state index contributed by atoms with van der Waals surface area (Å²) in [5.74, 6) is 1.40. The number of fused-ring (bicyclic) bond motifs is 1. The zero-order valence-electron chi connectivity index (χ0n) is 15.5. The molecular formula is C22H21N5O. The fourth-order valence-corrected chi connectivity index (χ4v) is 4.00. The number of aromatic amines is 1. The van der Waals surface area contributed by atoms with Crippen LogP contribution in [-0.2, 0) is 6.42 Å². The summed E-state index contributed by atoms with van der Waals surface area (Å²) in [5, 5.41) is 9.48. The summed E-state index contributed by atoms with van der Waals surface area (Å²) in [5.41, 5.74) is 2.72. The molecule has 4 aromatic rings. The number of H-pyrrole nitrogens is 1. The molecule has 1 unspecified atom stereocenters. The first kappa shape index (κ1) is 16.7. The second-order valence-corrected chi connectivity index (χ2v) is 7.33. The molecule has 5 rings (SSSR count). The number of nitrogens with one attached hydrogen (secondary N) is 1. The lowest BCUT2D eigenvalue weighted by molar-refractivity contribution is 0.0782. The molecule has 0 bridgehead atoms. The van der Waals surface area contributed by atoms with E-state index in [0.29, 0.717) is 11.6 Å². The quantitative estimate of drug-likeness (QED) is 0.597. The van der Waals surface area contributed by atoms with Crippen molar-refractivity contribution in [1.29, 1.82) is 0 Å². The van der Waals surface area contributed by atoms with Gasteiger partial charge in [-0.1, -0.05) is 36.4 Å². The molecule has 0 saturated carbocycles. The molecule has 28 heavy (non-hydrogen) atoms. The molecule has 1 saturated heterocycles. The number of hydrogen-bond donors (Lipinski definition) is 1. The maximum absolute atomic E-state index is 12.9. The Bertz CT molecular complexity index is 1080. The smallest absolute Gasteiger partial charge is 0.270 e. The molecule has 6 nitrogen and oxygen atoms in total. The number of hydrogen-bond acceptors (Lipinski definition) is 3. The molecule has 0 aliphatic carbocycles. The summed E-state index contributed by atoms with van der Waals surface area (Å²) in [6, 6.07) is 20.0. The van der Waals surface area contributed by atoms with Crippen LogP contribution >= 0.6 is 0 Å². The monoisotopic (exact) mass is 371 g/mol. The summed E-state index contributed by atoms with van der Waals surface area (Å²) >= 11 is 0. The van der Waals surface area contributed by atoms with Crippen LogP contribution in [0.2, 0.25) is 0 Å². The van der Waals surface area contributed by atoms with Crippen LogP contribution in [-0.4, -0.2) is 43.6 Å². The number of benzene rings is 2. The van der Waals surface area contributed by atoms with Crippen LogP contribution in [0.4, 0.5) is 0 Å². The first-order valence-corrected chi connectivity index (χ1v) is 9.59. The zero-order chi connectivity index (χ0) is 18.9. The molecular weight excluding hydrogens is 350 g/mol. The molecule has 2 aromatic carbocycles. The van der Waals surface area contributed by atoms with Crippen LogP contribution in [0.25, 0.3) is 16.6 Å². The van der Waals surface area contributed by atoms with Crippen molar-refractivity contribution in [3.63, 3.8) is 0 Å². The highest BCUT2D eigenvalue weighted by Gasteiger charge is 2.29. The number of carbonyl (C=O) groups is 1. The standard InChI is InChI=1S/C22H21N5O/c28-22(20-13-17-6-4-5-9-19(17)24-20)26-11-10-16(14-26)12-21-25-23-15-27(21)18-7-2-1-3-8-18/h1-9,13,15-16,24H,10-12,14H2. The maximum Gasteiger partial charge on any atom is 0.270 e. The Balaban J connectivity index is 1.29. The summed E-state index contributed by atoms with van der Waals surface area (Å²) in [6.07, 6.45) is 3.55. The van der Waals surface area contributed by atoms with Gasteiger partial charge in [0, 0.05) is 36.1 Å². The van der Waals surface area contributed by atoms with Crippen molar-refractivity contribution in [2.75, 3.05) is 13.1 Å². The van der Waals surface area contributed by atoms with Crippen LogP contribution in [0.5, 0.6) is 0 Å². The van der Waals surface area contributed by atoms with E-state index in [1.165, 1.54) is 0 Å². The Morgan fingerprint density at radius 2 is 1.93 bits per heavy atom. The van der Waals surface area contributed by atoms with Crippen molar-refractivity contribution in [3.05, 3.63) is 78.5 Å². The van der Waals surface area contributed by atoms with Crippen LogP contribution in [0, 0.1) is 5.92 Å². The van der Waals surface area contributed by atoms with Gasteiger partial charge in [-0.25, -0.2) is 0 Å². The van der Waals surface area contributed by atoms with Gasteiger partial charge >= 0.3 is 0 Å². The van der Waals surface area contributed by atoms with Crippen LogP contribution in [0.3, 0.4) is 0 Å². The van der Waals surface area contributed by atoms with Gasteiger partial charge in [-0.15, -0.1) is 10.2 Å². The third kappa shape index (κ3) is 3.07. The molecule has 1 aliphatic heterocycles. The largest absolute Gasteiger partial charge is 0.351 e. The second-order valence-electron chi connectivity index (χ2n) is 7.33. The van der Waals surface area contributed by atoms with Crippen molar-refractivity contribution < 1.29 is 4.79 Å². The number of para-hydroxylation sites is 2. The van der Waals surface area contributed by atoms with Crippen molar-refractivity contribution in [2.45, 2.75) is 12.8 Å². The minimum absolute atomic E-state index is 0.0724. The molecule has 6 heteroatoms. The van der Waals surface area contributed by atoms with E-state index in [4.69, 9.17) is 0 Å². The van der Waals surface area contributed by atoms with Gasteiger partial charge in [0.15, 0.2) is 0 Å². The van der Waals surface area contributed by atoms with Gasteiger partial charge < -0.3 is 9.88 Å². The Morgan fingerprint density at radius 1 is 1.11 bits per heavy atom. The van der Waals surface area contributed by atoms with E-state index in [9.17, 15) is 4.79 Å². The third-order valence-corrected chi connectivity index (χ3v) is 5.46. The van der Waals surface area contributed by atoms with Crippen LogP contribution < -0.4 is 0 Å². The number of aromatic nitrogens is 4. The third-order valence-electron chi connectivity index (χ3n) is 5.46. The number of amides is 1. The van der Waals surface area contributed by atoms with E-state index in [-0.39, 0.29) is 5.91 Å². The topological polar surface area (TPSA) is 66.8 Å². The first-order chi connectivity index (χ1) is 13.8. The Labute approximate surface area is 162 Å². The highest BCUT2D eigenvalue weighted by atomic mass is 16.2. The molecule has 1 fully saturated rings. The van der Waals surface area contributed by atoms with E-state index >= 15 is 0 Å². The van der Waals surface area contributed by atoms with Gasteiger partial charge in [0.05, 0.1) is 0 Å². The molecule has 0 spiro atoms. The molecule has 1 amide bonds. The van der Waals surface area contributed by atoms with Crippen molar-refractivity contribution in [2.24, 2.45) is 5.92 Å². The van der Waals surface area contributed by atoms with Crippen molar-refractivity contribution in [1.82, 2.24) is 24.6 Å². The predicted molar refractivity (Wildman–Crippen MR) is 107 cm³/mol. The summed E-state index contributed by atoms with van der Waals surface area (Å²) in [6.45, 7) is 1.52. The normalized spacial score (nSPS) is 16.7. The van der Waals surface area contributed by atoms with E-state index in [2.05, 4.69) is 15.2 Å². The van der Waals surface area contributed by atoms with Gasteiger partial charge in [0.2, 0.25) is 0 Å². The highest BCUT2D eigenvalue weighted by molar-refractivity contribution is 5.98. The molecule has 0 radical (unpaired) electrons. The van der Waals surface area contributed by atoms with Crippen LogP contribution in [0.15, 0.2) is 67.0 Å². The van der Waals surface area contributed by atoms with E-state index < -0.39 is 0 Å². The molecule has 140 valence electrons. The van der Waals surface area contributed by atoms with Gasteiger partial charge in [-0.2, -0.15) is 0 Å². The summed E-state index contributed by atoms with van der Waals surface area (Å²) in [7, 11) is 0. The Kier molecular flexibility index (Phi) is 4.16. The molecule has 1 atom stereocenters. The summed E-state index contributed by atoms with van der Waals surface area (Å²) < 4.78 is 2.03. The van der Waals surface area contributed by atoms with E-state index in [1.807, 2.05) is 70.1 Å². The second kappa shape index (κ2) is 6.96. The van der Waals surface area contributed by atoms with Gasteiger partial charge in [0.1, 0.15) is 17.8 Å². The maximum atomic E-state index is 12.9. The number of likely N-dealkylation sites (tertiary alicyclic amines) is 1. The lowest BCUT2D eigenvalue weighted by Crippen LogP contribution is -2.29. The van der Waals surface area contributed by atoms with Gasteiger partial charge in [0.25, 0.3) is 5.91 Å². The number of rotatable bonds is 4. The average molecular weight is 371 g/mol.